The van der Waals surface area contributed by atoms with Gasteiger partial charge >= 0.3 is 0 Å². The third-order valence-corrected chi connectivity index (χ3v) is 3.38. The molecule has 0 spiro atoms. The molecule has 2 rings (SSSR count). The van der Waals surface area contributed by atoms with Crippen molar-refractivity contribution < 1.29 is 33.0 Å². The first-order chi connectivity index (χ1) is 12.3. The zero-order valence-corrected chi connectivity index (χ0v) is 13.7. The van der Waals surface area contributed by atoms with Crippen LogP contribution in [0.4, 0.5) is 24.5 Å². The molecule has 0 fully saturated rings. The molecule has 9 heteroatoms. The smallest absolute Gasteiger partial charge is 0.277 e. The van der Waals surface area contributed by atoms with Gasteiger partial charge in [0.1, 0.15) is 18.5 Å². The first-order valence-corrected chi connectivity index (χ1v) is 7.55. The molecule has 4 N–H and O–H groups in total. The fourth-order valence-electron chi connectivity index (χ4n) is 2.03. The minimum absolute atomic E-state index is 0.147. The molecule has 0 unspecified atom stereocenters. The van der Waals surface area contributed by atoms with E-state index < -0.39 is 48.4 Å². The fourth-order valence-corrected chi connectivity index (χ4v) is 2.03. The van der Waals surface area contributed by atoms with Gasteiger partial charge in [0, 0.05) is 0 Å². The number of amides is 1. The molecule has 2 aromatic carbocycles. The number of rotatable bonds is 7. The minimum Gasteiger partial charge on any atom is -0.394 e. The van der Waals surface area contributed by atoms with Crippen LogP contribution < -0.4 is 10.8 Å². The van der Waals surface area contributed by atoms with Gasteiger partial charge in [-0.25, -0.2) is 18.7 Å². The summed E-state index contributed by atoms with van der Waals surface area (Å²) < 4.78 is 41.7. The molecule has 0 saturated heterocycles. The summed E-state index contributed by atoms with van der Waals surface area (Å²) in [7, 11) is 0. The molecule has 0 aromatic heterocycles. The Bertz CT molecular complexity index is 802. The Hall–Kier alpha value is -2.62. The number of benzene rings is 2. The molecule has 0 bridgehead atoms. The monoisotopic (exact) mass is 370 g/mol. The third-order valence-electron chi connectivity index (χ3n) is 3.38. The van der Waals surface area contributed by atoms with Crippen molar-refractivity contribution >= 4 is 17.3 Å². The van der Waals surface area contributed by atoms with Crippen molar-refractivity contribution in [3.63, 3.8) is 0 Å². The van der Waals surface area contributed by atoms with Gasteiger partial charge in [0.2, 0.25) is 0 Å². The van der Waals surface area contributed by atoms with Crippen molar-refractivity contribution in [3.05, 3.63) is 58.9 Å². The zero-order chi connectivity index (χ0) is 19.3. The van der Waals surface area contributed by atoms with Crippen LogP contribution in [-0.2, 0) is 4.84 Å². The third kappa shape index (κ3) is 4.72. The number of hydrogen-bond acceptors (Lipinski definition) is 5. The van der Waals surface area contributed by atoms with Crippen molar-refractivity contribution in [2.75, 3.05) is 18.5 Å². The van der Waals surface area contributed by atoms with Gasteiger partial charge in [0.25, 0.3) is 5.91 Å². The summed E-state index contributed by atoms with van der Waals surface area (Å²) in [4.78, 5) is 16.8. The van der Waals surface area contributed by atoms with E-state index in [2.05, 4.69) is 10.2 Å². The van der Waals surface area contributed by atoms with E-state index in [9.17, 15) is 18.0 Å². The highest BCUT2D eigenvalue weighted by Crippen LogP contribution is 2.28. The molecule has 0 aliphatic carbocycles. The van der Waals surface area contributed by atoms with E-state index >= 15 is 0 Å². The molecule has 2 aromatic rings. The van der Waals surface area contributed by atoms with Crippen LogP contribution in [0, 0.1) is 24.4 Å². The first kappa shape index (κ1) is 19.7. The van der Waals surface area contributed by atoms with E-state index in [0.717, 1.165) is 12.1 Å². The van der Waals surface area contributed by atoms with Gasteiger partial charge in [-0.05, 0) is 36.8 Å². The SMILES string of the molecule is Cc1ccc(Nc2c(C(=O)NOC[C@H](O)CO)ccc(F)c2F)c(F)c1. The topological polar surface area (TPSA) is 90.8 Å². The normalized spacial score (nSPS) is 11.9. The lowest BCUT2D eigenvalue weighted by atomic mass is 10.1. The van der Waals surface area contributed by atoms with Crippen molar-refractivity contribution in [2.45, 2.75) is 13.0 Å². The Labute approximate surface area is 147 Å². The van der Waals surface area contributed by atoms with Crippen molar-refractivity contribution in [1.29, 1.82) is 0 Å². The maximum Gasteiger partial charge on any atom is 0.277 e. The number of nitrogens with one attached hydrogen (secondary N) is 2. The second-order valence-electron chi connectivity index (χ2n) is 5.47. The number of hydroxylamine groups is 1. The molecule has 0 saturated carbocycles. The Morgan fingerprint density at radius 2 is 1.92 bits per heavy atom. The minimum atomic E-state index is -1.37. The van der Waals surface area contributed by atoms with Crippen LogP contribution in [0.3, 0.4) is 0 Å². The number of aryl methyl sites for hydroxylation is 1. The molecule has 0 aliphatic heterocycles. The molecule has 0 heterocycles. The van der Waals surface area contributed by atoms with E-state index in [0.29, 0.717) is 5.56 Å². The van der Waals surface area contributed by atoms with Gasteiger partial charge in [-0.1, -0.05) is 6.07 Å². The van der Waals surface area contributed by atoms with E-state index in [4.69, 9.17) is 10.2 Å². The molecule has 1 atom stereocenters. The largest absolute Gasteiger partial charge is 0.394 e. The summed E-state index contributed by atoms with van der Waals surface area (Å²) in [6.07, 6.45) is -1.22. The summed E-state index contributed by atoms with van der Waals surface area (Å²) >= 11 is 0. The molecule has 140 valence electrons. The van der Waals surface area contributed by atoms with E-state index in [1.54, 1.807) is 13.0 Å². The van der Waals surface area contributed by atoms with Crippen LogP contribution in [0.5, 0.6) is 0 Å². The number of carbonyl (C=O) groups excluding carboxylic acids is 1. The summed E-state index contributed by atoms with van der Waals surface area (Å²) in [5, 5.41) is 20.2. The number of aliphatic hydroxyl groups excluding tert-OH is 2. The number of halogens is 3. The molecule has 1 amide bonds. The van der Waals surface area contributed by atoms with Gasteiger partial charge < -0.3 is 15.5 Å². The quantitative estimate of drug-likeness (QED) is 0.561. The van der Waals surface area contributed by atoms with Crippen LogP contribution in [-0.4, -0.2) is 35.4 Å². The van der Waals surface area contributed by atoms with Crippen LogP contribution in [0.2, 0.25) is 0 Å². The van der Waals surface area contributed by atoms with E-state index in [1.165, 1.54) is 12.1 Å². The second kappa shape index (κ2) is 8.65. The van der Waals surface area contributed by atoms with Crippen molar-refractivity contribution in [3.8, 4) is 0 Å². The van der Waals surface area contributed by atoms with Crippen molar-refractivity contribution in [2.24, 2.45) is 0 Å². The summed E-state index contributed by atoms with van der Waals surface area (Å²) in [5.74, 6) is -4.26. The van der Waals surface area contributed by atoms with Gasteiger partial charge in [0.15, 0.2) is 11.6 Å². The Morgan fingerprint density at radius 1 is 1.19 bits per heavy atom. The van der Waals surface area contributed by atoms with Crippen LogP contribution >= 0.6 is 0 Å². The predicted octanol–water partition coefficient (Wildman–Crippen LogP) is 2.17. The number of carbonyl (C=O) groups is 1. The maximum absolute atomic E-state index is 14.2. The summed E-state index contributed by atoms with van der Waals surface area (Å²) in [5.41, 5.74) is 1.49. The lowest BCUT2D eigenvalue weighted by Gasteiger charge is -2.15. The summed E-state index contributed by atoms with van der Waals surface area (Å²) in [6, 6.07) is 5.81. The summed E-state index contributed by atoms with van der Waals surface area (Å²) in [6.45, 7) is 0.661. The van der Waals surface area contributed by atoms with Crippen LogP contribution in [0.15, 0.2) is 30.3 Å². The molecular formula is C17H17F3N2O4. The van der Waals surface area contributed by atoms with Crippen LogP contribution in [0.1, 0.15) is 15.9 Å². The number of hydrogen-bond donors (Lipinski definition) is 4. The fraction of sp³-hybridized carbons (Fsp3) is 0.235. The Balaban J connectivity index is 2.27. The molecule has 6 nitrogen and oxygen atoms in total. The lowest BCUT2D eigenvalue weighted by molar-refractivity contribution is -0.0295. The molecule has 0 aliphatic rings. The Morgan fingerprint density at radius 3 is 2.58 bits per heavy atom. The average molecular weight is 370 g/mol. The molecule has 0 radical (unpaired) electrons. The average Bonchev–Trinajstić information content (AvgIpc) is 2.60. The molecule has 26 heavy (non-hydrogen) atoms. The maximum atomic E-state index is 14.2. The van der Waals surface area contributed by atoms with Gasteiger partial charge in [-0.15, -0.1) is 0 Å². The van der Waals surface area contributed by atoms with Crippen LogP contribution in [0.25, 0.3) is 0 Å². The number of anilines is 2. The lowest BCUT2D eigenvalue weighted by Crippen LogP contribution is -2.30. The Kier molecular flexibility index (Phi) is 6.56. The second-order valence-corrected chi connectivity index (χ2v) is 5.47. The highest BCUT2D eigenvalue weighted by Gasteiger charge is 2.20. The van der Waals surface area contributed by atoms with Gasteiger partial charge in [-0.2, -0.15) is 0 Å². The highest BCUT2D eigenvalue weighted by molar-refractivity contribution is 5.99. The van der Waals surface area contributed by atoms with Gasteiger partial charge in [-0.3, -0.25) is 9.63 Å². The zero-order valence-electron chi connectivity index (χ0n) is 13.7. The van der Waals surface area contributed by atoms with Crippen molar-refractivity contribution in [1.82, 2.24) is 5.48 Å². The molecular weight excluding hydrogens is 353 g/mol. The van der Waals surface area contributed by atoms with E-state index in [1.807, 2.05) is 5.48 Å². The van der Waals surface area contributed by atoms with Gasteiger partial charge in [0.05, 0.1) is 23.5 Å². The highest BCUT2D eigenvalue weighted by atomic mass is 19.2. The first-order valence-electron chi connectivity index (χ1n) is 7.55. The number of aliphatic hydroxyl groups is 2. The predicted molar refractivity (Wildman–Crippen MR) is 87.3 cm³/mol. The standard InChI is InChI=1S/C17H17F3N2O4/c1-9-2-5-14(13(19)6-9)21-16-11(3-4-12(18)15(16)20)17(25)22-26-8-10(24)7-23/h2-6,10,21,23-24H,7-8H2,1H3,(H,22,25)/t10-/m1/s1. The van der Waals surface area contributed by atoms with E-state index in [-0.39, 0.29) is 11.3 Å².